The van der Waals surface area contributed by atoms with Crippen molar-refractivity contribution in [2.45, 2.75) is 25.7 Å². The first kappa shape index (κ1) is 25.2. The molecule has 7 heteroatoms. The molecular weight excluding hydrogens is 456 g/mol. The second-order valence-corrected chi connectivity index (χ2v) is 9.76. The molecular formula is C29H38N2O5. The molecule has 0 spiro atoms. The fourth-order valence-corrected chi connectivity index (χ4v) is 5.12. The third kappa shape index (κ3) is 6.45. The molecule has 0 radical (unpaired) electrons. The van der Waals surface area contributed by atoms with Gasteiger partial charge in [0, 0.05) is 37.3 Å². The Labute approximate surface area is 214 Å². The molecule has 0 N–H and O–H groups in total. The third-order valence-electron chi connectivity index (χ3n) is 7.24. The SMILES string of the molecule is O=C1c2cc(OCCCCN3CCOCC3)ccc2-c2ccc(OCCCCN3CCOCC3)cc21. The quantitative estimate of drug-likeness (QED) is 0.354. The standard InChI is InChI=1S/C29H38N2O5/c32-29-27-21-23(35-15-3-1-9-30-11-17-33-18-12-30)5-7-25(27)26-8-6-24(22-28(26)29)36-16-4-2-10-31-13-19-34-20-14-31/h5-8,21-22H,1-4,9-20H2. The van der Waals surface area contributed by atoms with Crippen LogP contribution in [0.5, 0.6) is 11.5 Å². The van der Waals surface area contributed by atoms with Crippen molar-refractivity contribution < 1.29 is 23.7 Å². The highest BCUT2D eigenvalue weighted by atomic mass is 16.5. The fraction of sp³-hybridized carbons (Fsp3) is 0.552. The lowest BCUT2D eigenvalue weighted by molar-refractivity contribution is 0.0367. The highest BCUT2D eigenvalue weighted by Gasteiger charge is 2.27. The van der Waals surface area contributed by atoms with Crippen LogP contribution in [-0.4, -0.2) is 94.5 Å². The maximum atomic E-state index is 13.2. The van der Waals surface area contributed by atoms with Gasteiger partial charge in [-0.1, -0.05) is 0 Å². The Balaban J connectivity index is 1.07. The van der Waals surface area contributed by atoms with E-state index in [4.69, 9.17) is 18.9 Å². The van der Waals surface area contributed by atoms with Gasteiger partial charge < -0.3 is 18.9 Å². The molecule has 0 saturated carbocycles. The number of fused-ring (bicyclic) bond motifs is 3. The fourth-order valence-electron chi connectivity index (χ4n) is 5.12. The number of morpholine rings is 2. The molecule has 2 fully saturated rings. The van der Waals surface area contributed by atoms with Crippen LogP contribution >= 0.6 is 0 Å². The number of carbonyl (C=O) groups is 1. The maximum absolute atomic E-state index is 13.2. The molecule has 36 heavy (non-hydrogen) atoms. The molecule has 0 atom stereocenters. The smallest absolute Gasteiger partial charge is 0.194 e. The summed E-state index contributed by atoms with van der Waals surface area (Å²) in [5, 5.41) is 0. The summed E-state index contributed by atoms with van der Waals surface area (Å²) in [6.45, 7) is 10.9. The van der Waals surface area contributed by atoms with Gasteiger partial charge in [-0.15, -0.1) is 0 Å². The van der Waals surface area contributed by atoms with Gasteiger partial charge in [-0.3, -0.25) is 14.6 Å². The summed E-state index contributed by atoms with van der Waals surface area (Å²) in [4.78, 5) is 18.0. The number of ether oxygens (including phenoxy) is 4. The molecule has 0 amide bonds. The van der Waals surface area contributed by atoms with E-state index in [1.165, 1.54) is 0 Å². The Morgan fingerprint density at radius 3 is 1.50 bits per heavy atom. The van der Waals surface area contributed by atoms with Gasteiger partial charge in [-0.25, -0.2) is 0 Å². The molecule has 0 bridgehead atoms. The van der Waals surface area contributed by atoms with Gasteiger partial charge in [-0.05, 0) is 86.3 Å². The minimum absolute atomic E-state index is 0.0514. The minimum Gasteiger partial charge on any atom is -0.494 e. The Hall–Kier alpha value is -2.45. The van der Waals surface area contributed by atoms with Crippen molar-refractivity contribution in [2.75, 3.05) is 78.9 Å². The molecule has 2 aromatic carbocycles. The summed E-state index contributed by atoms with van der Waals surface area (Å²) >= 11 is 0. The van der Waals surface area contributed by atoms with E-state index in [1.54, 1.807) is 0 Å². The second kappa shape index (κ2) is 12.7. The average Bonchev–Trinajstić information content (AvgIpc) is 3.20. The Bertz CT molecular complexity index is 935. The summed E-state index contributed by atoms with van der Waals surface area (Å²) in [5.41, 5.74) is 3.40. The molecule has 194 valence electrons. The van der Waals surface area contributed by atoms with Crippen molar-refractivity contribution in [3.63, 3.8) is 0 Å². The van der Waals surface area contributed by atoms with Crippen molar-refractivity contribution in [1.29, 1.82) is 0 Å². The monoisotopic (exact) mass is 494 g/mol. The highest BCUT2D eigenvalue weighted by molar-refractivity contribution is 6.22. The first-order chi connectivity index (χ1) is 17.8. The lowest BCUT2D eigenvalue weighted by Crippen LogP contribution is -2.36. The summed E-state index contributed by atoms with van der Waals surface area (Å²) in [5.74, 6) is 1.58. The molecule has 2 saturated heterocycles. The highest BCUT2D eigenvalue weighted by Crippen LogP contribution is 2.39. The number of rotatable bonds is 12. The molecule has 3 aliphatic rings. The van der Waals surface area contributed by atoms with Crippen LogP contribution in [0, 0.1) is 0 Å². The van der Waals surface area contributed by atoms with Crippen molar-refractivity contribution in [2.24, 2.45) is 0 Å². The Kier molecular flexibility index (Phi) is 8.88. The van der Waals surface area contributed by atoms with Gasteiger partial charge in [0.2, 0.25) is 0 Å². The number of nitrogens with zero attached hydrogens (tertiary/aromatic N) is 2. The minimum atomic E-state index is 0.0514. The number of ketones is 1. The molecule has 5 rings (SSSR count). The molecule has 0 unspecified atom stereocenters. The van der Waals surface area contributed by atoms with Crippen LogP contribution in [0.4, 0.5) is 0 Å². The number of unbranched alkanes of at least 4 members (excludes halogenated alkanes) is 2. The van der Waals surface area contributed by atoms with Crippen LogP contribution in [0.3, 0.4) is 0 Å². The van der Waals surface area contributed by atoms with Gasteiger partial charge in [0.1, 0.15) is 11.5 Å². The number of hydrogen-bond donors (Lipinski definition) is 0. The Morgan fingerprint density at radius 1 is 0.611 bits per heavy atom. The zero-order valence-electron chi connectivity index (χ0n) is 21.2. The van der Waals surface area contributed by atoms with E-state index >= 15 is 0 Å². The zero-order chi connectivity index (χ0) is 24.6. The van der Waals surface area contributed by atoms with E-state index in [0.29, 0.717) is 13.2 Å². The molecule has 2 aromatic rings. The van der Waals surface area contributed by atoms with Crippen molar-refractivity contribution in [1.82, 2.24) is 9.80 Å². The number of carbonyl (C=O) groups excluding carboxylic acids is 1. The third-order valence-corrected chi connectivity index (χ3v) is 7.24. The van der Waals surface area contributed by atoms with Crippen molar-refractivity contribution in [3.8, 4) is 22.6 Å². The zero-order valence-corrected chi connectivity index (χ0v) is 21.2. The molecule has 7 nitrogen and oxygen atoms in total. The van der Waals surface area contributed by atoms with Crippen molar-refractivity contribution >= 4 is 5.78 Å². The van der Waals surface area contributed by atoms with E-state index in [9.17, 15) is 4.79 Å². The molecule has 2 heterocycles. The van der Waals surface area contributed by atoms with Gasteiger partial charge in [0.15, 0.2) is 5.78 Å². The van der Waals surface area contributed by atoms with Gasteiger partial charge >= 0.3 is 0 Å². The largest absolute Gasteiger partial charge is 0.494 e. The molecule has 0 aromatic heterocycles. The average molecular weight is 495 g/mol. The number of hydrogen-bond acceptors (Lipinski definition) is 7. The van der Waals surface area contributed by atoms with Crippen molar-refractivity contribution in [3.05, 3.63) is 47.5 Å². The van der Waals surface area contributed by atoms with E-state index in [1.807, 2.05) is 36.4 Å². The molecule has 1 aliphatic carbocycles. The normalized spacial score (nSPS) is 18.2. The lowest BCUT2D eigenvalue weighted by atomic mass is 10.1. The maximum Gasteiger partial charge on any atom is 0.194 e. The first-order valence-corrected chi connectivity index (χ1v) is 13.5. The van der Waals surface area contributed by atoms with Gasteiger partial charge in [0.25, 0.3) is 0 Å². The van der Waals surface area contributed by atoms with Gasteiger partial charge in [0.05, 0.1) is 39.6 Å². The van der Waals surface area contributed by atoms with E-state index in [0.717, 1.165) is 125 Å². The van der Waals surface area contributed by atoms with E-state index in [2.05, 4.69) is 9.80 Å². The van der Waals surface area contributed by atoms with Crippen LogP contribution in [0.15, 0.2) is 36.4 Å². The predicted octanol–water partition coefficient (Wildman–Crippen LogP) is 3.88. The number of benzene rings is 2. The molecule has 2 aliphatic heterocycles. The van der Waals surface area contributed by atoms with Crippen LogP contribution < -0.4 is 9.47 Å². The van der Waals surface area contributed by atoms with Crippen LogP contribution in [-0.2, 0) is 9.47 Å². The van der Waals surface area contributed by atoms with Crippen LogP contribution in [0.2, 0.25) is 0 Å². The summed E-state index contributed by atoms with van der Waals surface area (Å²) in [7, 11) is 0. The van der Waals surface area contributed by atoms with E-state index in [-0.39, 0.29) is 5.78 Å². The first-order valence-electron chi connectivity index (χ1n) is 13.5. The summed E-state index contributed by atoms with van der Waals surface area (Å²) in [6, 6.07) is 11.8. The lowest BCUT2D eigenvalue weighted by Gasteiger charge is -2.26. The van der Waals surface area contributed by atoms with Crippen LogP contribution in [0.25, 0.3) is 11.1 Å². The topological polar surface area (TPSA) is 60.5 Å². The van der Waals surface area contributed by atoms with Crippen LogP contribution in [0.1, 0.15) is 41.6 Å². The van der Waals surface area contributed by atoms with Gasteiger partial charge in [-0.2, -0.15) is 0 Å². The summed E-state index contributed by atoms with van der Waals surface area (Å²) < 4.78 is 22.8. The summed E-state index contributed by atoms with van der Waals surface area (Å²) in [6.07, 6.45) is 4.20. The Morgan fingerprint density at radius 2 is 1.06 bits per heavy atom. The predicted molar refractivity (Wildman–Crippen MR) is 139 cm³/mol. The second-order valence-electron chi connectivity index (χ2n) is 9.76. The van der Waals surface area contributed by atoms with E-state index < -0.39 is 0 Å².